The molecule has 0 amide bonds. The molecule has 0 saturated carbocycles. The van der Waals surface area contributed by atoms with Crippen molar-refractivity contribution in [3.05, 3.63) is 36.5 Å². The standard InChI is InChI=1S/C9H7NO.Mo.H3O4P/c11-8-5-1-3-7-4-2-6-10-9(7)8;;1-5(2,3)4/h1-6,11H;;(H3,1,2,3,4)/q;+2;/p-2. The summed E-state index contributed by atoms with van der Waals surface area (Å²) in [6.45, 7) is 0. The molecule has 2 aromatic rings. The summed E-state index contributed by atoms with van der Waals surface area (Å²) in [5.41, 5.74) is 0.787. The van der Waals surface area contributed by atoms with Crippen molar-refractivity contribution in [2.24, 2.45) is 0 Å². The minimum absolute atomic E-state index is 0. The quantitative estimate of drug-likeness (QED) is 0.465. The number of aromatic amines is 1. The monoisotopic (exact) mass is 339 g/mol. The molecule has 0 radical (unpaired) electrons. The average Bonchev–Trinajstić information content (AvgIpc) is 2.16. The number of hydrogen-bond donors (Lipinski definition) is 1. The van der Waals surface area contributed by atoms with E-state index in [0.717, 1.165) is 10.9 Å². The molecule has 0 spiro atoms. The van der Waals surface area contributed by atoms with Crippen LogP contribution in [-0.4, -0.2) is 5.11 Å². The van der Waals surface area contributed by atoms with Crippen LogP contribution in [0.3, 0.4) is 0 Å². The van der Waals surface area contributed by atoms with Crippen molar-refractivity contribution in [3.8, 4) is 5.75 Å². The Bertz CT molecular complexity index is 516. The molecule has 0 aliphatic rings. The Balaban J connectivity index is 0.000000373. The molecule has 0 fully saturated rings. The zero-order valence-corrected chi connectivity index (χ0v) is 11.3. The van der Waals surface area contributed by atoms with Crippen LogP contribution in [0.5, 0.6) is 5.75 Å². The van der Waals surface area contributed by atoms with Crippen molar-refractivity contribution in [3.63, 3.8) is 0 Å². The van der Waals surface area contributed by atoms with E-state index in [1.807, 2.05) is 24.3 Å². The molecule has 17 heavy (non-hydrogen) atoms. The Morgan fingerprint density at radius 1 is 1.12 bits per heavy atom. The Morgan fingerprint density at radius 2 is 1.65 bits per heavy atom. The molecular weight excluding hydrogens is 329 g/mol. The molecule has 2 N–H and O–H groups in total. The number of aromatic nitrogens is 1. The van der Waals surface area contributed by atoms with Gasteiger partial charge in [-0.05, 0) is 18.2 Å². The van der Waals surface area contributed by atoms with Gasteiger partial charge in [0.1, 0.15) is 0 Å². The average molecular weight is 337 g/mol. The summed E-state index contributed by atoms with van der Waals surface area (Å²) in [5, 5.41) is 10.4. The first-order valence-corrected chi connectivity index (χ1v) is 5.65. The fraction of sp³-hybridized carbons (Fsp3) is 0. The number of phenolic OH excluding ortho intramolecular Hbond substituents is 1. The van der Waals surface area contributed by atoms with Crippen LogP contribution in [-0.2, 0) is 25.6 Å². The summed E-state index contributed by atoms with van der Waals surface area (Å²) < 4.78 is 8.55. The third-order valence-electron chi connectivity index (χ3n) is 1.67. The molecule has 90 valence electrons. The van der Waals surface area contributed by atoms with Crippen LogP contribution in [0.4, 0.5) is 0 Å². The normalized spacial score (nSPS) is 10.1. The number of H-pyrrole nitrogens is 1. The second-order valence-corrected chi connectivity index (χ2v) is 3.75. The topological polar surface area (TPSA) is 121 Å². The minimum Gasteiger partial charge on any atom is -0.822 e. The smallest absolute Gasteiger partial charge is 0.822 e. The van der Waals surface area contributed by atoms with Crippen LogP contribution >= 0.6 is 7.82 Å². The van der Waals surface area contributed by atoms with Crippen LogP contribution in [0.1, 0.15) is 0 Å². The Morgan fingerprint density at radius 3 is 2.18 bits per heavy atom. The molecule has 0 aliphatic carbocycles. The number of hydrogen-bond acceptors (Lipinski definition) is 5. The number of phenols is 1. The SMILES string of the molecule is O=P([O-])([O-])[O-].Oc1cccc2ccc[nH+]c12.[Mo+2]. The van der Waals surface area contributed by atoms with Crippen molar-refractivity contribution in [2.75, 3.05) is 0 Å². The van der Waals surface area contributed by atoms with Gasteiger partial charge in [0.2, 0.25) is 0 Å². The first kappa shape index (κ1) is 16.2. The molecule has 6 nitrogen and oxygen atoms in total. The molecule has 0 atom stereocenters. The zero-order chi connectivity index (χ0) is 12.2. The first-order valence-electron chi connectivity index (χ1n) is 4.19. The van der Waals surface area contributed by atoms with Gasteiger partial charge in [-0.1, -0.05) is 6.07 Å². The van der Waals surface area contributed by atoms with Crippen molar-refractivity contribution >= 4 is 18.7 Å². The summed E-state index contributed by atoms with van der Waals surface area (Å²) >= 11 is 0. The van der Waals surface area contributed by atoms with Gasteiger partial charge in [0.05, 0.1) is 5.39 Å². The fourth-order valence-corrected chi connectivity index (χ4v) is 1.14. The summed E-state index contributed by atoms with van der Waals surface area (Å²) in [7, 11) is -5.39. The van der Waals surface area contributed by atoms with E-state index in [9.17, 15) is 5.11 Å². The van der Waals surface area contributed by atoms with E-state index >= 15 is 0 Å². The molecule has 1 aromatic carbocycles. The maximum atomic E-state index is 9.34. The predicted molar refractivity (Wildman–Crippen MR) is 49.8 cm³/mol. The molecular formula is C9H8MoNO5P. The van der Waals surface area contributed by atoms with Gasteiger partial charge in [-0.3, -0.25) is 0 Å². The summed E-state index contributed by atoms with van der Waals surface area (Å²) in [6, 6.07) is 9.29. The van der Waals surface area contributed by atoms with Gasteiger partial charge in [0, 0.05) is 6.07 Å². The van der Waals surface area contributed by atoms with Gasteiger partial charge in [0.25, 0.3) is 5.52 Å². The van der Waals surface area contributed by atoms with Gasteiger partial charge in [-0.25, -0.2) is 4.98 Å². The Hall–Kier alpha value is -0.772. The van der Waals surface area contributed by atoms with Gasteiger partial charge in [-0.2, -0.15) is 7.82 Å². The van der Waals surface area contributed by atoms with Gasteiger partial charge < -0.3 is 24.4 Å². The van der Waals surface area contributed by atoms with E-state index in [2.05, 4.69) is 4.98 Å². The number of para-hydroxylation sites is 1. The van der Waals surface area contributed by atoms with Crippen molar-refractivity contribution in [1.29, 1.82) is 0 Å². The molecule has 2 rings (SSSR count). The van der Waals surface area contributed by atoms with Crippen molar-refractivity contribution in [2.45, 2.75) is 0 Å². The van der Waals surface area contributed by atoms with Crippen LogP contribution < -0.4 is 19.7 Å². The van der Waals surface area contributed by atoms with Gasteiger partial charge in [-0.15, -0.1) is 0 Å². The van der Waals surface area contributed by atoms with Crippen LogP contribution in [0.15, 0.2) is 36.5 Å². The Labute approximate surface area is 111 Å². The summed E-state index contributed by atoms with van der Waals surface area (Å²) in [5.74, 6) is 0.295. The molecule has 0 unspecified atom stereocenters. The third-order valence-corrected chi connectivity index (χ3v) is 1.67. The number of nitrogens with one attached hydrogen (secondary N) is 1. The van der Waals surface area contributed by atoms with E-state index in [0.29, 0.717) is 5.75 Å². The van der Waals surface area contributed by atoms with Crippen molar-refractivity contribution in [1.82, 2.24) is 0 Å². The fourth-order valence-electron chi connectivity index (χ4n) is 1.14. The number of rotatable bonds is 0. The van der Waals surface area contributed by atoms with Gasteiger partial charge in [0.15, 0.2) is 11.9 Å². The van der Waals surface area contributed by atoms with Crippen molar-refractivity contribution < 1.29 is 50.4 Å². The molecule has 0 saturated heterocycles. The van der Waals surface area contributed by atoms with E-state index in [1.165, 1.54) is 0 Å². The number of benzene rings is 1. The molecule has 1 heterocycles. The maximum Gasteiger partial charge on any atom is 2.00 e. The van der Waals surface area contributed by atoms with E-state index in [-0.39, 0.29) is 21.1 Å². The largest absolute Gasteiger partial charge is 2.00 e. The van der Waals surface area contributed by atoms with E-state index in [4.69, 9.17) is 19.2 Å². The number of phosphoric acid groups is 1. The predicted octanol–water partition coefficient (Wildman–Crippen LogP) is -1.47. The van der Waals surface area contributed by atoms with Gasteiger partial charge >= 0.3 is 21.1 Å². The third kappa shape index (κ3) is 6.51. The minimum atomic E-state index is -5.39. The van der Waals surface area contributed by atoms with E-state index in [1.54, 1.807) is 12.3 Å². The number of fused-ring (bicyclic) bond motifs is 1. The number of pyridine rings is 1. The molecule has 8 heteroatoms. The van der Waals surface area contributed by atoms with Crippen LogP contribution in [0.25, 0.3) is 10.9 Å². The zero-order valence-electron chi connectivity index (χ0n) is 8.40. The Kier molecular flexibility index (Phi) is 6.53. The molecule has 0 bridgehead atoms. The summed E-state index contributed by atoms with van der Waals surface area (Å²) in [6.07, 6.45) is 1.79. The number of aromatic hydroxyl groups is 1. The van der Waals surface area contributed by atoms with Crippen LogP contribution in [0, 0.1) is 0 Å². The molecule has 0 aliphatic heterocycles. The first-order chi connectivity index (χ1) is 7.38. The second-order valence-electron chi connectivity index (χ2n) is 2.86. The summed E-state index contributed by atoms with van der Waals surface area (Å²) in [4.78, 5) is 28.6. The molecule has 1 aromatic heterocycles. The van der Waals surface area contributed by atoms with E-state index < -0.39 is 7.82 Å². The maximum absolute atomic E-state index is 9.34. The second kappa shape index (κ2) is 6.84. The van der Waals surface area contributed by atoms with Crippen LogP contribution in [0.2, 0.25) is 0 Å².